The zero-order valence-corrected chi connectivity index (χ0v) is 21.3. The van der Waals surface area contributed by atoms with Crippen LogP contribution in [0.3, 0.4) is 0 Å². The van der Waals surface area contributed by atoms with E-state index >= 15 is 0 Å². The van der Waals surface area contributed by atoms with Crippen molar-refractivity contribution in [2.45, 2.75) is 38.0 Å². The lowest BCUT2D eigenvalue weighted by Gasteiger charge is -2.12. The molecular formula is C30H25N7O2. The molecule has 0 bridgehead atoms. The van der Waals surface area contributed by atoms with E-state index in [4.69, 9.17) is 0 Å². The van der Waals surface area contributed by atoms with Gasteiger partial charge in [0.05, 0.1) is 34.8 Å². The van der Waals surface area contributed by atoms with Crippen molar-refractivity contribution in [3.8, 4) is 28.5 Å². The van der Waals surface area contributed by atoms with Crippen LogP contribution >= 0.6 is 0 Å². The number of nitrogens with zero attached hydrogens (tertiary/aromatic N) is 5. The number of rotatable bonds is 7. The molecule has 2 aliphatic rings. The van der Waals surface area contributed by atoms with Crippen LogP contribution in [0.2, 0.25) is 0 Å². The highest BCUT2D eigenvalue weighted by Crippen LogP contribution is 2.46. The van der Waals surface area contributed by atoms with Crippen molar-refractivity contribution in [1.82, 2.24) is 19.9 Å². The average molecular weight is 516 g/mol. The number of nitriles is 1. The second kappa shape index (κ2) is 9.72. The van der Waals surface area contributed by atoms with Crippen LogP contribution in [0, 0.1) is 24.2 Å². The molecule has 0 radical (unpaired) electrons. The van der Waals surface area contributed by atoms with Crippen molar-refractivity contribution in [2.24, 2.45) is 5.92 Å². The second-order valence-corrected chi connectivity index (χ2v) is 10.1. The van der Waals surface area contributed by atoms with Gasteiger partial charge >= 0.3 is 0 Å². The monoisotopic (exact) mass is 515 g/mol. The topological polar surface area (TPSA) is 134 Å². The Morgan fingerprint density at radius 2 is 1.69 bits per heavy atom. The third-order valence-electron chi connectivity index (χ3n) is 7.15. The molecule has 39 heavy (non-hydrogen) atoms. The Balaban J connectivity index is 1.23. The summed E-state index contributed by atoms with van der Waals surface area (Å²) < 4.78 is 0. The first kappa shape index (κ1) is 24.4. The van der Waals surface area contributed by atoms with Crippen molar-refractivity contribution in [1.29, 1.82) is 5.26 Å². The molecule has 4 aromatic rings. The Morgan fingerprint density at radius 1 is 0.923 bits per heavy atom. The number of aryl methyl sites for hydroxylation is 1. The molecule has 6 rings (SSSR count). The third kappa shape index (κ3) is 5.09. The van der Waals surface area contributed by atoms with Gasteiger partial charge in [0.25, 0.3) is 5.91 Å². The number of carbonyl (C=O) groups is 2. The van der Waals surface area contributed by atoms with E-state index in [9.17, 15) is 14.9 Å². The number of carbonyl (C=O) groups excluding carboxylic acids is 2. The SMILES string of the molecule is Cc1ncc(NC(=O)c2ccnc(C3(C#N)CC3)c2)cc1-c1ccnc(-c2ccnc(NC(=O)C3CC3)c2)c1. The minimum atomic E-state index is -0.563. The highest BCUT2D eigenvalue weighted by molar-refractivity contribution is 6.04. The minimum absolute atomic E-state index is 0.00187. The Bertz CT molecular complexity index is 1650. The molecule has 0 aromatic carbocycles. The Labute approximate surface area is 225 Å². The molecule has 9 nitrogen and oxygen atoms in total. The van der Waals surface area contributed by atoms with E-state index in [-0.39, 0.29) is 17.7 Å². The number of amides is 2. The van der Waals surface area contributed by atoms with Crippen molar-refractivity contribution < 1.29 is 9.59 Å². The summed E-state index contributed by atoms with van der Waals surface area (Å²) >= 11 is 0. The molecule has 0 unspecified atom stereocenters. The van der Waals surface area contributed by atoms with E-state index in [1.165, 1.54) is 0 Å². The lowest BCUT2D eigenvalue weighted by Crippen LogP contribution is -2.14. The van der Waals surface area contributed by atoms with E-state index in [1.54, 1.807) is 36.9 Å². The summed E-state index contributed by atoms with van der Waals surface area (Å²) in [6.45, 7) is 1.91. The smallest absolute Gasteiger partial charge is 0.255 e. The van der Waals surface area contributed by atoms with Crippen molar-refractivity contribution in [2.75, 3.05) is 10.6 Å². The molecule has 0 saturated heterocycles. The van der Waals surface area contributed by atoms with Gasteiger partial charge in [-0.1, -0.05) is 0 Å². The molecule has 2 aliphatic carbocycles. The molecule has 9 heteroatoms. The van der Waals surface area contributed by atoms with Gasteiger partial charge in [0, 0.05) is 46.9 Å². The molecule has 4 heterocycles. The van der Waals surface area contributed by atoms with Crippen LogP contribution in [0.25, 0.3) is 22.4 Å². The molecule has 192 valence electrons. The molecule has 2 fully saturated rings. The molecule has 4 aromatic heterocycles. The molecule has 0 spiro atoms. The normalized spacial score (nSPS) is 15.2. The number of anilines is 2. The zero-order chi connectivity index (χ0) is 27.0. The Morgan fingerprint density at radius 3 is 2.46 bits per heavy atom. The van der Waals surface area contributed by atoms with Gasteiger partial charge in [0.1, 0.15) is 5.82 Å². The van der Waals surface area contributed by atoms with Crippen LogP contribution in [0.15, 0.2) is 67.3 Å². The fourth-order valence-corrected chi connectivity index (χ4v) is 4.47. The highest BCUT2D eigenvalue weighted by atomic mass is 16.2. The van der Waals surface area contributed by atoms with E-state index in [2.05, 4.69) is 36.6 Å². The van der Waals surface area contributed by atoms with Gasteiger partial charge in [-0.15, -0.1) is 0 Å². The van der Waals surface area contributed by atoms with Gasteiger partial charge in [-0.25, -0.2) is 4.98 Å². The maximum atomic E-state index is 13.0. The van der Waals surface area contributed by atoms with Crippen LogP contribution < -0.4 is 10.6 Å². The predicted octanol–water partition coefficient (Wildman–Crippen LogP) is 5.07. The van der Waals surface area contributed by atoms with E-state index in [0.29, 0.717) is 22.8 Å². The van der Waals surface area contributed by atoms with Gasteiger partial charge in [0.15, 0.2) is 0 Å². The first-order valence-corrected chi connectivity index (χ1v) is 12.8. The highest BCUT2D eigenvalue weighted by Gasteiger charge is 2.46. The summed E-state index contributed by atoms with van der Waals surface area (Å²) in [7, 11) is 0. The van der Waals surface area contributed by atoms with Crippen molar-refractivity contribution in [3.05, 3.63) is 84.2 Å². The molecular weight excluding hydrogens is 490 g/mol. The van der Waals surface area contributed by atoms with Crippen LogP contribution in [0.1, 0.15) is 47.4 Å². The number of aromatic nitrogens is 4. The summed E-state index contributed by atoms with van der Waals surface area (Å²) in [5.74, 6) is 0.299. The molecule has 2 N–H and O–H groups in total. The quantitative estimate of drug-likeness (QED) is 0.351. The van der Waals surface area contributed by atoms with Gasteiger partial charge in [-0.2, -0.15) is 5.26 Å². The van der Waals surface area contributed by atoms with Gasteiger partial charge < -0.3 is 10.6 Å². The van der Waals surface area contributed by atoms with Gasteiger partial charge in [0.2, 0.25) is 5.91 Å². The fourth-order valence-electron chi connectivity index (χ4n) is 4.47. The van der Waals surface area contributed by atoms with Crippen LogP contribution in [-0.4, -0.2) is 31.8 Å². The van der Waals surface area contributed by atoms with Crippen molar-refractivity contribution in [3.63, 3.8) is 0 Å². The molecule has 2 saturated carbocycles. The summed E-state index contributed by atoms with van der Waals surface area (Å²) in [6, 6.07) is 15.0. The van der Waals surface area contributed by atoms with E-state index in [0.717, 1.165) is 53.8 Å². The number of hydrogen-bond acceptors (Lipinski definition) is 7. The van der Waals surface area contributed by atoms with Gasteiger partial charge in [-0.05, 0) is 80.6 Å². The van der Waals surface area contributed by atoms with Crippen LogP contribution in [-0.2, 0) is 10.2 Å². The number of nitrogens with one attached hydrogen (secondary N) is 2. The lowest BCUT2D eigenvalue weighted by atomic mass is 10.0. The molecule has 0 aliphatic heterocycles. The predicted molar refractivity (Wildman–Crippen MR) is 146 cm³/mol. The third-order valence-corrected chi connectivity index (χ3v) is 7.15. The first-order chi connectivity index (χ1) is 18.9. The molecule has 0 atom stereocenters. The minimum Gasteiger partial charge on any atom is -0.321 e. The van der Waals surface area contributed by atoms with Crippen LogP contribution in [0.5, 0.6) is 0 Å². The van der Waals surface area contributed by atoms with Crippen LogP contribution in [0.4, 0.5) is 11.5 Å². The van der Waals surface area contributed by atoms with Gasteiger partial charge in [-0.3, -0.25) is 24.5 Å². The second-order valence-electron chi connectivity index (χ2n) is 10.1. The maximum Gasteiger partial charge on any atom is 0.255 e. The molecule has 2 amide bonds. The first-order valence-electron chi connectivity index (χ1n) is 12.8. The fraction of sp³-hybridized carbons (Fsp3) is 0.233. The summed E-state index contributed by atoms with van der Waals surface area (Å²) in [5.41, 5.74) is 5.15. The summed E-state index contributed by atoms with van der Waals surface area (Å²) in [6.07, 6.45) is 9.94. The Kier molecular flexibility index (Phi) is 6.08. The number of pyridine rings is 4. The summed E-state index contributed by atoms with van der Waals surface area (Å²) in [4.78, 5) is 42.8. The van der Waals surface area contributed by atoms with E-state index < -0.39 is 5.41 Å². The standard InChI is InChI=1S/C30H25N7O2/c1-18-24(15-23(16-35-18)36-29(39)22-6-10-33-26(13-22)30(17-31)7-8-30)20-4-9-32-25(12-20)21-5-11-34-27(14-21)37-28(38)19-2-3-19/h4-6,9-16,19H,2-3,7-8H2,1H3,(H,36,39)(H,34,37,38). The van der Waals surface area contributed by atoms with E-state index in [1.807, 2.05) is 37.3 Å². The maximum absolute atomic E-state index is 13.0. The Hall–Kier alpha value is -4.97. The summed E-state index contributed by atoms with van der Waals surface area (Å²) in [5, 5.41) is 15.3. The average Bonchev–Trinajstić information content (AvgIpc) is 3.89. The number of hydrogen-bond donors (Lipinski definition) is 2. The largest absolute Gasteiger partial charge is 0.321 e. The zero-order valence-electron chi connectivity index (χ0n) is 21.3. The lowest BCUT2D eigenvalue weighted by molar-refractivity contribution is -0.117. The van der Waals surface area contributed by atoms with Crippen molar-refractivity contribution >= 4 is 23.3 Å².